The standard InChI is InChI=1S/C35H37IN6O10S2/c1-50-27-10-4-23(5-11-27)18-41(19-24-6-12-28(51-2)13-7-24)54(48,49)33-31(53(46,47)22-26(21-43)37-35(44)45)17-16-30(36)32(33)34-38-40-42(39-34)20-25-8-14-29(52-3)15-9-25/h4-17,26,37,43H,18-22H2,1-3H3,(H,44,45). The van der Waals surface area contributed by atoms with Gasteiger partial charge in [0, 0.05) is 16.7 Å². The lowest BCUT2D eigenvalue weighted by atomic mass is 10.2. The van der Waals surface area contributed by atoms with Crippen molar-refractivity contribution < 1.29 is 46.1 Å². The van der Waals surface area contributed by atoms with Crippen LogP contribution in [-0.4, -0.2) is 97.4 Å². The zero-order chi connectivity index (χ0) is 39.0. The highest BCUT2D eigenvalue weighted by molar-refractivity contribution is 14.1. The van der Waals surface area contributed by atoms with Crippen LogP contribution in [-0.2, 0) is 39.5 Å². The summed E-state index contributed by atoms with van der Waals surface area (Å²) in [6.07, 6.45) is -1.57. The molecule has 5 rings (SSSR count). The van der Waals surface area contributed by atoms with Gasteiger partial charge in [0.05, 0.1) is 56.7 Å². The monoisotopic (exact) mass is 892 g/mol. The number of nitrogens with one attached hydrogen (secondary N) is 1. The van der Waals surface area contributed by atoms with E-state index in [-0.39, 0.29) is 31.0 Å². The van der Waals surface area contributed by atoms with Crippen LogP contribution >= 0.6 is 22.6 Å². The van der Waals surface area contributed by atoms with Crippen LogP contribution in [0.4, 0.5) is 4.79 Å². The summed E-state index contributed by atoms with van der Waals surface area (Å²) < 4.78 is 76.1. The van der Waals surface area contributed by atoms with E-state index in [1.165, 1.54) is 25.1 Å². The molecule has 1 unspecified atom stereocenters. The van der Waals surface area contributed by atoms with Gasteiger partial charge in [0.25, 0.3) is 0 Å². The second-order valence-corrected chi connectivity index (χ2v) is 16.9. The molecule has 0 aliphatic carbocycles. The van der Waals surface area contributed by atoms with Crippen molar-refractivity contribution in [3.8, 4) is 28.6 Å². The van der Waals surface area contributed by atoms with E-state index in [4.69, 9.17) is 14.2 Å². The maximum Gasteiger partial charge on any atom is 0.404 e. The van der Waals surface area contributed by atoms with Crippen molar-refractivity contribution in [3.63, 3.8) is 0 Å². The van der Waals surface area contributed by atoms with E-state index in [0.29, 0.717) is 31.9 Å². The minimum Gasteiger partial charge on any atom is -0.497 e. The Balaban J connectivity index is 1.70. The fraction of sp³-hybridized carbons (Fsp3) is 0.257. The lowest BCUT2D eigenvalue weighted by Crippen LogP contribution is -2.42. The third kappa shape index (κ3) is 9.63. The number of benzene rings is 4. The summed E-state index contributed by atoms with van der Waals surface area (Å²) in [6, 6.07) is 21.7. The number of nitrogens with zero attached hydrogens (tertiary/aromatic N) is 5. The number of rotatable bonds is 17. The Kier molecular flexibility index (Phi) is 13.1. The number of sulfone groups is 1. The summed E-state index contributed by atoms with van der Waals surface area (Å²) in [5.74, 6) is 0.624. The topological polar surface area (TPSA) is 212 Å². The summed E-state index contributed by atoms with van der Waals surface area (Å²) in [5, 5.41) is 33.9. The zero-order valence-corrected chi connectivity index (χ0v) is 33.1. The Morgan fingerprint density at radius 3 is 1.78 bits per heavy atom. The van der Waals surface area contributed by atoms with Gasteiger partial charge in [-0.3, -0.25) is 0 Å². The van der Waals surface area contributed by atoms with Crippen LogP contribution in [0.1, 0.15) is 16.7 Å². The SMILES string of the molecule is COc1ccc(CN(Cc2ccc(OC)cc2)S(=O)(=O)c2c(S(=O)(=O)CC(CO)NC(=O)O)ccc(I)c2-c2nnn(Cc3ccc(OC)cc3)n2)cc1. The Labute approximate surface area is 325 Å². The highest BCUT2D eigenvalue weighted by atomic mass is 127. The molecule has 16 nitrogen and oxygen atoms in total. The van der Waals surface area contributed by atoms with Crippen molar-refractivity contribution >= 4 is 48.5 Å². The fourth-order valence-corrected chi connectivity index (χ4v) is 10.3. The number of amides is 1. The van der Waals surface area contributed by atoms with Crippen LogP contribution in [0.5, 0.6) is 17.2 Å². The van der Waals surface area contributed by atoms with Crippen molar-refractivity contribution in [1.29, 1.82) is 0 Å². The number of tetrazole rings is 1. The van der Waals surface area contributed by atoms with E-state index in [1.54, 1.807) is 79.9 Å². The Bertz CT molecular complexity index is 2240. The van der Waals surface area contributed by atoms with E-state index in [0.717, 1.165) is 15.9 Å². The predicted octanol–water partition coefficient (Wildman–Crippen LogP) is 3.81. The molecule has 0 aliphatic heterocycles. The molecule has 0 bridgehead atoms. The second kappa shape index (κ2) is 17.5. The minimum atomic E-state index is -4.81. The van der Waals surface area contributed by atoms with Gasteiger partial charge in [0.1, 0.15) is 22.1 Å². The number of aromatic nitrogens is 4. The smallest absolute Gasteiger partial charge is 0.404 e. The van der Waals surface area contributed by atoms with Crippen LogP contribution in [0.25, 0.3) is 11.4 Å². The molecular weight excluding hydrogens is 855 g/mol. The number of aliphatic hydroxyl groups excluding tert-OH is 1. The highest BCUT2D eigenvalue weighted by Crippen LogP contribution is 2.38. The lowest BCUT2D eigenvalue weighted by Gasteiger charge is -2.26. The Morgan fingerprint density at radius 2 is 1.31 bits per heavy atom. The van der Waals surface area contributed by atoms with Crippen LogP contribution in [0.15, 0.2) is 94.7 Å². The molecule has 1 amide bonds. The first-order valence-corrected chi connectivity index (χ1v) is 20.3. The summed E-state index contributed by atoms with van der Waals surface area (Å²) in [7, 11) is -4.90. The molecule has 3 N–H and O–H groups in total. The van der Waals surface area contributed by atoms with E-state index in [2.05, 4.69) is 15.4 Å². The average molecular weight is 893 g/mol. The molecule has 5 aromatic rings. The van der Waals surface area contributed by atoms with Crippen molar-refractivity contribution in [2.75, 3.05) is 33.7 Å². The number of hydrogen-bond donors (Lipinski definition) is 3. The van der Waals surface area contributed by atoms with Crippen molar-refractivity contribution in [2.45, 2.75) is 35.5 Å². The predicted molar refractivity (Wildman–Crippen MR) is 205 cm³/mol. The van der Waals surface area contributed by atoms with Crippen LogP contribution in [0.2, 0.25) is 0 Å². The van der Waals surface area contributed by atoms with Gasteiger partial charge in [-0.25, -0.2) is 21.6 Å². The van der Waals surface area contributed by atoms with Gasteiger partial charge in [-0.1, -0.05) is 36.4 Å². The number of hydrogen-bond acceptors (Lipinski definition) is 12. The Hall–Kier alpha value is -4.83. The molecule has 286 valence electrons. The minimum absolute atomic E-state index is 0.126. The summed E-state index contributed by atoms with van der Waals surface area (Å²) >= 11 is 1.88. The van der Waals surface area contributed by atoms with Crippen molar-refractivity contribution in [1.82, 2.24) is 29.8 Å². The number of aliphatic hydroxyl groups is 1. The third-order valence-corrected chi connectivity index (χ3v) is 12.9. The molecule has 0 saturated heterocycles. The summed E-state index contributed by atoms with van der Waals surface area (Å²) in [4.78, 5) is 11.4. The maximum absolute atomic E-state index is 15.2. The first-order valence-electron chi connectivity index (χ1n) is 16.1. The van der Waals surface area contributed by atoms with E-state index < -0.39 is 54.1 Å². The summed E-state index contributed by atoms with van der Waals surface area (Å²) in [5.41, 5.74) is 1.79. The van der Waals surface area contributed by atoms with E-state index >= 15 is 8.42 Å². The van der Waals surface area contributed by atoms with Crippen molar-refractivity contribution in [2.24, 2.45) is 0 Å². The molecule has 1 atom stereocenters. The first kappa shape index (κ1) is 40.4. The molecule has 0 spiro atoms. The van der Waals surface area contributed by atoms with Gasteiger partial charge in [0.2, 0.25) is 15.8 Å². The molecule has 0 saturated carbocycles. The van der Waals surface area contributed by atoms with Crippen LogP contribution in [0.3, 0.4) is 0 Å². The molecule has 1 aromatic heterocycles. The number of methoxy groups -OCH3 is 3. The third-order valence-electron chi connectivity index (χ3n) is 8.17. The normalized spacial score (nSPS) is 12.3. The molecular formula is C35H37IN6O10S2. The number of ether oxygens (including phenoxy) is 3. The largest absolute Gasteiger partial charge is 0.497 e. The number of sulfonamides is 1. The molecule has 54 heavy (non-hydrogen) atoms. The molecule has 0 aliphatic rings. The van der Waals surface area contributed by atoms with Gasteiger partial charge in [0.15, 0.2) is 9.84 Å². The van der Waals surface area contributed by atoms with Gasteiger partial charge in [-0.15, -0.1) is 10.2 Å². The molecule has 1 heterocycles. The van der Waals surface area contributed by atoms with Gasteiger partial charge >= 0.3 is 6.09 Å². The molecule has 19 heteroatoms. The Morgan fingerprint density at radius 1 is 0.815 bits per heavy atom. The first-order chi connectivity index (χ1) is 25.8. The molecule has 0 radical (unpaired) electrons. The molecule has 4 aromatic carbocycles. The van der Waals surface area contributed by atoms with Gasteiger partial charge in [-0.05, 0) is 93.0 Å². The van der Waals surface area contributed by atoms with Crippen molar-refractivity contribution in [3.05, 3.63) is 105 Å². The van der Waals surface area contributed by atoms with E-state index in [9.17, 15) is 23.4 Å². The zero-order valence-electron chi connectivity index (χ0n) is 29.3. The van der Waals surface area contributed by atoms with Crippen LogP contribution < -0.4 is 19.5 Å². The van der Waals surface area contributed by atoms with Gasteiger partial charge in [-0.2, -0.15) is 9.10 Å². The average Bonchev–Trinajstić information content (AvgIpc) is 3.62. The lowest BCUT2D eigenvalue weighted by molar-refractivity contribution is 0.180. The quantitative estimate of drug-likeness (QED) is 0.114. The van der Waals surface area contributed by atoms with Gasteiger partial charge < -0.3 is 29.7 Å². The second-order valence-electron chi connectivity index (χ2n) is 11.8. The van der Waals surface area contributed by atoms with Crippen LogP contribution in [0, 0.1) is 3.57 Å². The number of carbonyl (C=O) groups is 1. The fourth-order valence-electron chi connectivity index (χ4n) is 5.45. The number of carboxylic acid groups (broad SMARTS) is 1. The maximum atomic E-state index is 15.2. The van der Waals surface area contributed by atoms with E-state index in [1.807, 2.05) is 27.9 Å². The number of halogens is 1. The summed E-state index contributed by atoms with van der Waals surface area (Å²) in [6.45, 7) is -1.11. The highest BCUT2D eigenvalue weighted by Gasteiger charge is 2.38. The molecule has 0 fully saturated rings.